The lowest BCUT2D eigenvalue weighted by Crippen LogP contribution is -2.38. The fourth-order valence-corrected chi connectivity index (χ4v) is 4.60. The van der Waals surface area contributed by atoms with Gasteiger partial charge in [0.1, 0.15) is 5.65 Å². The smallest absolute Gasteiger partial charge is 0.332 e. The number of benzene rings is 1. The minimum Gasteiger partial charge on any atom is -0.361 e. The summed E-state index contributed by atoms with van der Waals surface area (Å²) < 4.78 is 2.60. The summed E-state index contributed by atoms with van der Waals surface area (Å²) >= 11 is 0. The van der Waals surface area contributed by atoms with Gasteiger partial charge in [-0.25, -0.2) is 9.78 Å². The molecule has 1 aliphatic heterocycles. The molecule has 3 aromatic heterocycles. The predicted molar refractivity (Wildman–Crippen MR) is 118 cm³/mol. The minimum atomic E-state index is -0.345. The molecular weight excluding hydrogens is 378 g/mol. The molecule has 0 spiro atoms. The molecule has 1 saturated heterocycles. The third kappa shape index (κ3) is 3.15. The molecule has 1 N–H and O–H groups in total. The van der Waals surface area contributed by atoms with Crippen molar-refractivity contribution in [3.05, 3.63) is 74.7 Å². The van der Waals surface area contributed by atoms with Gasteiger partial charge in [-0.3, -0.25) is 18.8 Å². The van der Waals surface area contributed by atoms with Gasteiger partial charge in [-0.2, -0.15) is 0 Å². The molecular formula is C23H25N5O2. The Balaban J connectivity index is 1.42. The van der Waals surface area contributed by atoms with Crippen LogP contribution in [0.3, 0.4) is 0 Å². The van der Waals surface area contributed by atoms with Crippen molar-refractivity contribution >= 4 is 21.9 Å². The number of hydrogen-bond donors (Lipinski definition) is 1. The second-order valence-corrected chi connectivity index (χ2v) is 8.29. The number of nitrogens with zero attached hydrogens (tertiary/aromatic N) is 4. The van der Waals surface area contributed by atoms with E-state index in [1.807, 2.05) is 18.3 Å². The van der Waals surface area contributed by atoms with Crippen LogP contribution in [0.2, 0.25) is 0 Å². The number of likely N-dealkylation sites (tertiary alicyclic amines) is 1. The monoisotopic (exact) mass is 403 g/mol. The third-order valence-corrected chi connectivity index (χ3v) is 6.27. The van der Waals surface area contributed by atoms with Gasteiger partial charge in [-0.15, -0.1) is 0 Å². The number of aromatic amines is 1. The molecule has 0 saturated carbocycles. The molecule has 154 valence electrons. The molecule has 0 amide bonds. The highest BCUT2D eigenvalue weighted by atomic mass is 16.2. The van der Waals surface area contributed by atoms with Gasteiger partial charge in [0, 0.05) is 50.5 Å². The first-order valence-corrected chi connectivity index (χ1v) is 10.4. The van der Waals surface area contributed by atoms with E-state index < -0.39 is 0 Å². The Kier molecular flexibility index (Phi) is 4.55. The molecule has 1 fully saturated rings. The first-order valence-electron chi connectivity index (χ1n) is 10.4. The maximum absolute atomic E-state index is 12.4. The zero-order valence-electron chi connectivity index (χ0n) is 17.3. The minimum absolute atomic E-state index is 0.290. The maximum Gasteiger partial charge on any atom is 0.332 e. The van der Waals surface area contributed by atoms with E-state index in [1.54, 1.807) is 7.05 Å². The molecule has 0 radical (unpaired) electrons. The van der Waals surface area contributed by atoms with Gasteiger partial charge < -0.3 is 4.98 Å². The van der Waals surface area contributed by atoms with Crippen LogP contribution in [0.1, 0.15) is 30.0 Å². The largest absolute Gasteiger partial charge is 0.361 e. The van der Waals surface area contributed by atoms with E-state index in [2.05, 4.69) is 34.1 Å². The van der Waals surface area contributed by atoms with E-state index in [9.17, 15) is 9.59 Å². The number of piperidine rings is 1. The number of hydrogen-bond acceptors (Lipinski definition) is 4. The lowest BCUT2D eigenvalue weighted by molar-refractivity contribution is 0.198. The third-order valence-electron chi connectivity index (χ3n) is 6.27. The van der Waals surface area contributed by atoms with Crippen molar-refractivity contribution in [3.8, 4) is 0 Å². The summed E-state index contributed by atoms with van der Waals surface area (Å²) in [7, 11) is 3.17. The van der Waals surface area contributed by atoms with Crippen molar-refractivity contribution < 1.29 is 0 Å². The van der Waals surface area contributed by atoms with E-state index in [0.29, 0.717) is 17.0 Å². The molecule has 1 unspecified atom stereocenters. The van der Waals surface area contributed by atoms with E-state index in [1.165, 1.54) is 22.6 Å². The molecule has 1 aliphatic rings. The molecule has 1 aromatic carbocycles. The number of pyridine rings is 1. The molecule has 30 heavy (non-hydrogen) atoms. The second kappa shape index (κ2) is 7.25. The number of aromatic nitrogens is 4. The maximum atomic E-state index is 12.4. The van der Waals surface area contributed by atoms with Gasteiger partial charge in [-0.05, 0) is 60.7 Å². The summed E-state index contributed by atoms with van der Waals surface area (Å²) in [6.45, 7) is 2.89. The zero-order valence-corrected chi connectivity index (χ0v) is 17.3. The quantitative estimate of drug-likeness (QED) is 0.570. The van der Waals surface area contributed by atoms with Gasteiger partial charge in [0.05, 0.1) is 5.39 Å². The van der Waals surface area contributed by atoms with Crippen molar-refractivity contribution in [2.24, 2.45) is 14.1 Å². The molecule has 5 rings (SSSR count). The molecule has 7 heteroatoms. The van der Waals surface area contributed by atoms with Gasteiger partial charge in [-0.1, -0.05) is 6.07 Å². The normalized spacial score (nSPS) is 17.7. The van der Waals surface area contributed by atoms with Crippen LogP contribution in [-0.4, -0.2) is 37.1 Å². The molecule has 1 atom stereocenters. The lowest BCUT2D eigenvalue weighted by Gasteiger charge is -2.32. The Morgan fingerprint density at radius 1 is 1.10 bits per heavy atom. The van der Waals surface area contributed by atoms with Crippen LogP contribution < -0.4 is 11.2 Å². The average Bonchev–Trinajstić information content (AvgIpc) is 3.24. The van der Waals surface area contributed by atoms with E-state index in [4.69, 9.17) is 4.98 Å². The summed E-state index contributed by atoms with van der Waals surface area (Å²) in [6, 6.07) is 12.4. The summed E-state index contributed by atoms with van der Waals surface area (Å²) in [5, 5.41) is 1.72. The van der Waals surface area contributed by atoms with Crippen molar-refractivity contribution in [2.75, 3.05) is 13.1 Å². The predicted octanol–water partition coefficient (Wildman–Crippen LogP) is 2.49. The Bertz CT molecular complexity index is 1360. The first kappa shape index (κ1) is 18.8. The second-order valence-electron chi connectivity index (χ2n) is 8.29. The van der Waals surface area contributed by atoms with Crippen LogP contribution in [0, 0.1) is 0 Å². The van der Waals surface area contributed by atoms with Crippen LogP contribution in [0.5, 0.6) is 0 Å². The topological polar surface area (TPSA) is 75.9 Å². The SMILES string of the molecule is Cn1c(=O)c2ccc(C3CCCN(Cc4ccc5[nH]ccc5c4)C3)nc2n(C)c1=O. The van der Waals surface area contributed by atoms with Crippen LogP contribution in [0.25, 0.3) is 21.9 Å². The Labute approximate surface area is 173 Å². The number of fused-ring (bicyclic) bond motifs is 2. The standard InChI is InChI=1S/C23H25N5O2/c1-26-21-18(22(29)27(2)23(26)30)6-8-20(25-21)17-4-3-11-28(14-17)13-15-5-7-19-16(12-15)9-10-24-19/h5-10,12,17,24H,3-4,11,13-14H2,1-2H3. The van der Waals surface area contributed by atoms with Gasteiger partial charge in [0.15, 0.2) is 0 Å². The Hall–Kier alpha value is -3.19. The molecule has 0 aliphatic carbocycles. The fourth-order valence-electron chi connectivity index (χ4n) is 4.60. The van der Waals surface area contributed by atoms with E-state index >= 15 is 0 Å². The highest BCUT2D eigenvalue weighted by Gasteiger charge is 2.23. The molecule has 7 nitrogen and oxygen atoms in total. The van der Waals surface area contributed by atoms with Crippen LogP contribution in [-0.2, 0) is 20.6 Å². The van der Waals surface area contributed by atoms with Gasteiger partial charge >= 0.3 is 5.69 Å². The molecule has 4 aromatic rings. The average molecular weight is 403 g/mol. The highest BCUT2D eigenvalue weighted by Crippen LogP contribution is 2.28. The summed E-state index contributed by atoms with van der Waals surface area (Å²) in [4.78, 5) is 35.2. The number of rotatable bonds is 3. The van der Waals surface area contributed by atoms with Crippen molar-refractivity contribution in [1.29, 1.82) is 0 Å². The summed E-state index contributed by atoms with van der Waals surface area (Å²) in [5.74, 6) is 0.290. The van der Waals surface area contributed by atoms with Crippen LogP contribution in [0.4, 0.5) is 0 Å². The number of H-pyrrole nitrogens is 1. The first-order chi connectivity index (χ1) is 14.5. The van der Waals surface area contributed by atoms with Gasteiger partial charge in [0.2, 0.25) is 0 Å². The van der Waals surface area contributed by atoms with Crippen molar-refractivity contribution in [1.82, 2.24) is 24.0 Å². The summed E-state index contributed by atoms with van der Waals surface area (Å²) in [6.07, 6.45) is 4.13. The van der Waals surface area contributed by atoms with Crippen molar-refractivity contribution in [3.63, 3.8) is 0 Å². The zero-order chi connectivity index (χ0) is 20.8. The number of nitrogens with one attached hydrogen (secondary N) is 1. The van der Waals surface area contributed by atoms with E-state index in [-0.39, 0.29) is 11.2 Å². The van der Waals surface area contributed by atoms with Crippen molar-refractivity contribution in [2.45, 2.75) is 25.3 Å². The Morgan fingerprint density at radius 3 is 2.83 bits per heavy atom. The van der Waals surface area contributed by atoms with Crippen LogP contribution >= 0.6 is 0 Å². The summed E-state index contributed by atoms with van der Waals surface area (Å²) in [5.41, 5.74) is 3.25. The molecule has 4 heterocycles. The fraction of sp³-hybridized carbons (Fsp3) is 0.348. The van der Waals surface area contributed by atoms with Gasteiger partial charge in [0.25, 0.3) is 5.56 Å². The lowest BCUT2D eigenvalue weighted by atomic mass is 9.93. The molecule has 0 bridgehead atoms. The highest BCUT2D eigenvalue weighted by molar-refractivity contribution is 5.79. The van der Waals surface area contributed by atoms with E-state index in [0.717, 1.165) is 48.3 Å². The number of aryl methyl sites for hydroxylation is 1. The Morgan fingerprint density at radius 2 is 1.97 bits per heavy atom. The van der Waals surface area contributed by atoms with Crippen LogP contribution in [0.15, 0.2) is 52.2 Å².